The number of halogens is 2. The summed E-state index contributed by atoms with van der Waals surface area (Å²) in [5.41, 5.74) is 2.43. The molecule has 0 aliphatic carbocycles. The van der Waals surface area contributed by atoms with E-state index in [2.05, 4.69) is 0 Å². The van der Waals surface area contributed by atoms with Gasteiger partial charge in [0.05, 0.1) is 0 Å². The van der Waals surface area contributed by atoms with Crippen LogP contribution in [0.1, 0.15) is 27.9 Å². The van der Waals surface area contributed by atoms with Crippen LogP contribution in [0.25, 0.3) is 0 Å². The third-order valence-electron chi connectivity index (χ3n) is 4.83. The van der Waals surface area contributed by atoms with Crippen LogP contribution in [-0.2, 0) is 11.2 Å². The van der Waals surface area contributed by atoms with E-state index in [1.54, 1.807) is 9.80 Å². The van der Waals surface area contributed by atoms with Gasteiger partial charge >= 0.3 is 0 Å². The zero-order valence-corrected chi connectivity index (χ0v) is 15.3. The van der Waals surface area contributed by atoms with Gasteiger partial charge in [0.2, 0.25) is 5.91 Å². The summed E-state index contributed by atoms with van der Waals surface area (Å²) in [6, 6.07) is 11.3. The van der Waals surface area contributed by atoms with E-state index in [-0.39, 0.29) is 17.4 Å². The van der Waals surface area contributed by atoms with Gasteiger partial charge in [-0.05, 0) is 37.1 Å². The van der Waals surface area contributed by atoms with Crippen LogP contribution in [0.5, 0.6) is 0 Å². The molecule has 4 nitrogen and oxygen atoms in total. The van der Waals surface area contributed by atoms with E-state index in [1.807, 2.05) is 31.2 Å². The number of rotatable bonds is 4. The number of hydrogen-bond donors (Lipinski definition) is 0. The average molecular weight is 372 g/mol. The van der Waals surface area contributed by atoms with Gasteiger partial charge in [-0.2, -0.15) is 0 Å². The molecule has 142 valence electrons. The highest BCUT2D eigenvalue weighted by atomic mass is 19.2. The molecule has 1 fully saturated rings. The second kappa shape index (κ2) is 8.29. The van der Waals surface area contributed by atoms with Gasteiger partial charge in [0, 0.05) is 38.2 Å². The molecule has 0 N–H and O–H groups in total. The van der Waals surface area contributed by atoms with Crippen LogP contribution in [0.4, 0.5) is 8.78 Å². The van der Waals surface area contributed by atoms with Crippen molar-refractivity contribution in [1.29, 1.82) is 0 Å². The SMILES string of the molecule is Cc1ccc(CCC(=O)N2CCN(C(=O)c3ccc(F)c(F)c3)CC2)cc1. The fourth-order valence-corrected chi connectivity index (χ4v) is 3.13. The lowest BCUT2D eigenvalue weighted by molar-refractivity contribution is -0.132. The quantitative estimate of drug-likeness (QED) is 0.827. The molecule has 6 heteroatoms. The van der Waals surface area contributed by atoms with E-state index < -0.39 is 11.6 Å². The minimum atomic E-state index is -1.04. The number of aryl methyl sites for hydroxylation is 2. The minimum Gasteiger partial charge on any atom is -0.339 e. The van der Waals surface area contributed by atoms with E-state index in [0.29, 0.717) is 39.0 Å². The maximum absolute atomic E-state index is 13.3. The Morgan fingerprint density at radius 2 is 1.52 bits per heavy atom. The summed E-state index contributed by atoms with van der Waals surface area (Å²) >= 11 is 0. The van der Waals surface area contributed by atoms with Crippen molar-refractivity contribution in [1.82, 2.24) is 9.80 Å². The molecule has 2 aromatic rings. The Kier molecular flexibility index (Phi) is 5.84. The zero-order chi connectivity index (χ0) is 19.4. The molecule has 0 bridgehead atoms. The van der Waals surface area contributed by atoms with E-state index >= 15 is 0 Å². The average Bonchev–Trinajstić information content (AvgIpc) is 2.69. The van der Waals surface area contributed by atoms with Gasteiger partial charge in [0.15, 0.2) is 11.6 Å². The fourth-order valence-electron chi connectivity index (χ4n) is 3.13. The van der Waals surface area contributed by atoms with Crippen LogP contribution < -0.4 is 0 Å². The Bertz CT molecular complexity index is 829. The summed E-state index contributed by atoms with van der Waals surface area (Å²) in [7, 11) is 0. The maximum Gasteiger partial charge on any atom is 0.254 e. The van der Waals surface area contributed by atoms with Crippen LogP contribution in [0.3, 0.4) is 0 Å². The second-order valence-corrected chi connectivity index (χ2v) is 6.79. The Morgan fingerprint density at radius 3 is 2.15 bits per heavy atom. The standard InChI is InChI=1S/C21H22F2N2O2/c1-15-2-4-16(5-3-15)6-9-20(26)24-10-12-25(13-11-24)21(27)17-7-8-18(22)19(23)14-17/h2-5,7-8,14H,6,9-13H2,1H3. The van der Waals surface area contributed by atoms with E-state index in [0.717, 1.165) is 17.7 Å². The summed E-state index contributed by atoms with van der Waals surface area (Å²) in [6.45, 7) is 3.68. The molecule has 0 aromatic heterocycles. The van der Waals surface area contributed by atoms with Gasteiger partial charge in [-0.15, -0.1) is 0 Å². The molecular weight excluding hydrogens is 350 g/mol. The molecule has 1 aliphatic heterocycles. The van der Waals surface area contributed by atoms with Crippen molar-refractivity contribution in [3.05, 3.63) is 70.8 Å². The largest absolute Gasteiger partial charge is 0.339 e. The number of benzene rings is 2. The number of amides is 2. The van der Waals surface area contributed by atoms with Crippen molar-refractivity contribution in [2.45, 2.75) is 19.8 Å². The van der Waals surface area contributed by atoms with Crippen LogP contribution in [0.2, 0.25) is 0 Å². The number of piperazine rings is 1. The van der Waals surface area contributed by atoms with Crippen LogP contribution >= 0.6 is 0 Å². The molecule has 2 aromatic carbocycles. The van der Waals surface area contributed by atoms with Crippen molar-refractivity contribution in [3.63, 3.8) is 0 Å². The van der Waals surface area contributed by atoms with E-state index in [4.69, 9.17) is 0 Å². The first-order chi connectivity index (χ1) is 12.9. The summed E-state index contributed by atoms with van der Waals surface area (Å²) in [4.78, 5) is 28.1. The normalized spacial score (nSPS) is 14.3. The van der Waals surface area contributed by atoms with Gasteiger partial charge in [0.25, 0.3) is 5.91 Å². The molecule has 0 radical (unpaired) electrons. The van der Waals surface area contributed by atoms with Crippen LogP contribution in [-0.4, -0.2) is 47.8 Å². The Hall–Kier alpha value is -2.76. The fraction of sp³-hybridized carbons (Fsp3) is 0.333. The number of nitrogens with zero attached hydrogens (tertiary/aromatic N) is 2. The second-order valence-electron chi connectivity index (χ2n) is 6.79. The maximum atomic E-state index is 13.3. The van der Waals surface area contributed by atoms with Crippen LogP contribution in [0.15, 0.2) is 42.5 Å². The van der Waals surface area contributed by atoms with Crippen molar-refractivity contribution >= 4 is 11.8 Å². The summed E-state index contributed by atoms with van der Waals surface area (Å²) in [5, 5.41) is 0. The van der Waals surface area contributed by atoms with Gasteiger partial charge in [-0.3, -0.25) is 9.59 Å². The summed E-state index contributed by atoms with van der Waals surface area (Å²) in [6.07, 6.45) is 1.12. The Morgan fingerprint density at radius 1 is 0.889 bits per heavy atom. The molecule has 1 saturated heterocycles. The smallest absolute Gasteiger partial charge is 0.254 e. The van der Waals surface area contributed by atoms with Gasteiger partial charge in [0.1, 0.15) is 0 Å². The lowest BCUT2D eigenvalue weighted by atomic mass is 10.1. The summed E-state index contributed by atoms with van der Waals surface area (Å²) < 4.78 is 26.3. The number of hydrogen-bond acceptors (Lipinski definition) is 2. The third kappa shape index (κ3) is 4.70. The van der Waals surface area contributed by atoms with Crippen molar-refractivity contribution in [2.24, 2.45) is 0 Å². The lowest BCUT2D eigenvalue weighted by Gasteiger charge is -2.35. The van der Waals surface area contributed by atoms with Crippen LogP contribution in [0, 0.1) is 18.6 Å². The summed E-state index contributed by atoms with van der Waals surface area (Å²) in [5.74, 6) is -2.29. The first-order valence-electron chi connectivity index (χ1n) is 9.01. The molecule has 0 saturated carbocycles. The predicted molar refractivity (Wildman–Crippen MR) is 98.3 cm³/mol. The molecule has 1 heterocycles. The van der Waals surface area contributed by atoms with E-state index in [1.165, 1.54) is 11.6 Å². The zero-order valence-electron chi connectivity index (χ0n) is 15.3. The monoisotopic (exact) mass is 372 g/mol. The van der Waals surface area contributed by atoms with Gasteiger partial charge in [-0.25, -0.2) is 8.78 Å². The highest BCUT2D eigenvalue weighted by Gasteiger charge is 2.25. The highest BCUT2D eigenvalue weighted by molar-refractivity contribution is 5.94. The van der Waals surface area contributed by atoms with Crippen molar-refractivity contribution in [2.75, 3.05) is 26.2 Å². The molecule has 0 unspecified atom stereocenters. The molecule has 0 spiro atoms. The number of carbonyl (C=O) groups is 2. The molecule has 27 heavy (non-hydrogen) atoms. The first kappa shape index (κ1) is 19.0. The van der Waals surface area contributed by atoms with Gasteiger partial charge < -0.3 is 9.80 Å². The molecule has 3 rings (SSSR count). The molecule has 2 amide bonds. The molecule has 0 atom stereocenters. The van der Waals surface area contributed by atoms with Crippen molar-refractivity contribution in [3.8, 4) is 0 Å². The Balaban J connectivity index is 1.50. The minimum absolute atomic E-state index is 0.0653. The lowest BCUT2D eigenvalue weighted by Crippen LogP contribution is -2.50. The van der Waals surface area contributed by atoms with Gasteiger partial charge in [-0.1, -0.05) is 29.8 Å². The number of carbonyl (C=O) groups excluding carboxylic acids is 2. The molecular formula is C21H22F2N2O2. The Labute approximate surface area is 157 Å². The van der Waals surface area contributed by atoms with Crippen molar-refractivity contribution < 1.29 is 18.4 Å². The third-order valence-corrected chi connectivity index (χ3v) is 4.83. The topological polar surface area (TPSA) is 40.6 Å². The van der Waals surface area contributed by atoms with E-state index in [9.17, 15) is 18.4 Å². The highest BCUT2D eigenvalue weighted by Crippen LogP contribution is 2.14. The first-order valence-corrected chi connectivity index (χ1v) is 9.01. The predicted octanol–water partition coefficient (Wildman–Crippen LogP) is 3.19. The molecule has 1 aliphatic rings.